The molecule has 0 amide bonds. The Labute approximate surface area is 118 Å². The molecule has 2 nitrogen and oxygen atoms in total. The third-order valence-electron chi connectivity index (χ3n) is 3.91. The van der Waals surface area contributed by atoms with Gasteiger partial charge in [-0.2, -0.15) is 0 Å². The summed E-state index contributed by atoms with van der Waals surface area (Å²) in [4.78, 5) is 4.50. The quantitative estimate of drug-likeness (QED) is 0.866. The maximum Gasteiger partial charge on any atom is 0.0592 e. The molecule has 19 heavy (non-hydrogen) atoms. The number of halogens is 1. The molecule has 3 rings (SSSR count). The molecule has 1 aliphatic rings. The molecule has 0 aliphatic heterocycles. The van der Waals surface area contributed by atoms with E-state index in [2.05, 4.69) is 29.2 Å². The van der Waals surface area contributed by atoms with Crippen molar-refractivity contribution >= 4 is 11.6 Å². The van der Waals surface area contributed by atoms with E-state index in [0.717, 1.165) is 30.0 Å². The molecular weight excluding hydrogens is 256 g/mol. The lowest BCUT2D eigenvalue weighted by molar-refractivity contribution is 0.653. The first kappa shape index (κ1) is 12.6. The van der Waals surface area contributed by atoms with Gasteiger partial charge in [-0.3, -0.25) is 4.98 Å². The van der Waals surface area contributed by atoms with Gasteiger partial charge >= 0.3 is 0 Å². The van der Waals surface area contributed by atoms with Crippen LogP contribution < -0.4 is 5.73 Å². The predicted octanol–water partition coefficient (Wildman–Crippen LogP) is 3.12. The van der Waals surface area contributed by atoms with Crippen molar-refractivity contribution in [1.29, 1.82) is 0 Å². The Hall–Kier alpha value is -1.38. The molecule has 1 atom stereocenters. The van der Waals surface area contributed by atoms with Crippen LogP contribution in [-0.2, 0) is 19.3 Å². The lowest BCUT2D eigenvalue weighted by atomic mass is 9.84. The molecule has 0 bridgehead atoms. The second-order valence-corrected chi connectivity index (χ2v) is 5.53. The molecule has 0 fully saturated rings. The maximum absolute atomic E-state index is 6.05. The highest BCUT2D eigenvalue weighted by Crippen LogP contribution is 2.29. The van der Waals surface area contributed by atoms with Gasteiger partial charge in [-0.25, -0.2) is 0 Å². The summed E-state index contributed by atoms with van der Waals surface area (Å²) in [5.41, 5.74) is 11.2. The number of benzene rings is 1. The Bertz CT molecular complexity index is 595. The third-order valence-corrected chi connectivity index (χ3v) is 4.12. The van der Waals surface area contributed by atoms with E-state index < -0.39 is 0 Å². The van der Waals surface area contributed by atoms with Crippen LogP contribution in [0.3, 0.4) is 0 Å². The molecular formula is C16H17ClN2. The topological polar surface area (TPSA) is 38.9 Å². The molecule has 1 aromatic heterocycles. The zero-order chi connectivity index (χ0) is 13.2. The Balaban J connectivity index is 2.04. The molecule has 3 heteroatoms. The van der Waals surface area contributed by atoms with Gasteiger partial charge in [0, 0.05) is 17.8 Å². The highest BCUT2D eigenvalue weighted by molar-refractivity contribution is 6.30. The first-order valence-corrected chi connectivity index (χ1v) is 7.07. The van der Waals surface area contributed by atoms with E-state index >= 15 is 0 Å². The Morgan fingerprint density at radius 2 is 2.00 bits per heavy atom. The zero-order valence-corrected chi connectivity index (χ0v) is 11.5. The van der Waals surface area contributed by atoms with E-state index in [9.17, 15) is 0 Å². The van der Waals surface area contributed by atoms with Crippen molar-refractivity contribution in [2.75, 3.05) is 6.54 Å². The van der Waals surface area contributed by atoms with Gasteiger partial charge < -0.3 is 5.73 Å². The van der Waals surface area contributed by atoms with E-state index in [0.29, 0.717) is 12.5 Å². The molecule has 98 valence electrons. The summed E-state index contributed by atoms with van der Waals surface area (Å²) in [6.45, 7) is 0.654. The average Bonchev–Trinajstić information content (AvgIpc) is 2.42. The largest absolute Gasteiger partial charge is 0.330 e. The van der Waals surface area contributed by atoms with Crippen molar-refractivity contribution < 1.29 is 0 Å². The Kier molecular flexibility index (Phi) is 3.54. The monoisotopic (exact) mass is 272 g/mol. The molecule has 1 aromatic carbocycles. The van der Waals surface area contributed by atoms with Crippen LogP contribution in [0.4, 0.5) is 0 Å². The SMILES string of the molecule is NC[C@@H]1Cc2ncc(Cl)cc2CCc2ccccc21. The molecule has 0 unspecified atom stereocenters. The first-order chi connectivity index (χ1) is 9.28. The van der Waals surface area contributed by atoms with E-state index in [1.54, 1.807) is 6.20 Å². The van der Waals surface area contributed by atoms with Crippen LogP contribution in [0, 0.1) is 0 Å². The second-order valence-electron chi connectivity index (χ2n) is 5.09. The molecule has 0 saturated carbocycles. The smallest absolute Gasteiger partial charge is 0.0592 e. The van der Waals surface area contributed by atoms with Gasteiger partial charge in [0.25, 0.3) is 0 Å². The summed E-state index contributed by atoms with van der Waals surface area (Å²) in [6.07, 6.45) is 4.67. The fraction of sp³-hybridized carbons (Fsp3) is 0.312. The highest BCUT2D eigenvalue weighted by atomic mass is 35.5. The summed E-state index contributed by atoms with van der Waals surface area (Å²) < 4.78 is 0. The van der Waals surface area contributed by atoms with Gasteiger partial charge in [-0.1, -0.05) is 35.9 Å². The van der Waals surface area contributed by atoms with Gasteiger partial charge in [-0.05, 0) is 48.6 Å². The number of hydrogen-bond donors (Lipinski definition) is 1. The number of aromatic nitrogens is 1. The number of nitrogens with zero attached hydrogens (tertiary/aromatic N) is 1. The summed E-state index contributed by atoms with van der Waals surface area (Å²) >= 11 is 6.05. The number of hydrogen-bond acceptors (Lipinski definition) is 2. The standard InChI is InChI=1S/C16H17ClN2/c17-14-7-12-6-5-11-3-1-2-4-15(11)13(9-18)8-16(12)19-10-14/h1-4,7,10,13H,5-6,8-9,18H2/t13-/m0/s1. The van der Waals surface area contributed by atoms with Crippen molar-refractivity contribution in [1.82, 2.24) is 4.98 Å². The van der Waals surface area contributed by atoms with Crippen LogP contribution in [-0.4, -0.2) is 11.5 Å². The van der Waals surface area contributed by atoms with Crippen LogP contribution >= 0.6 is 11.6 Å². The normalized spacial score (nSPS) is 18.1. The van der Waals surface area contributed by atoms with Crippen molar-refractivity contribution in [3.05, 3.63) is 63.9 Å². The summed E-state index contributed by atoms with van der Waals surface area (Å²) in [7, 11) is 0. The first-order valence-electron chi connectivity index (χ1n) is 6.69. The minimum atomic E-state index is 0.351. The van der Waals surface area contributed by atoms with Crippen LogP contribution in [0.25, 0.3) is 0 Å². The molecule has 1 heterocycles. The van der Waals surface area contributed by atoms with E-state index in [-0.39, 0.29) is 0 Å². The minimum absolute atomic E-state index is 0.351. The van der Waals surface area contributed by atoms with Gasteiger partial charge in [0.05, 0.1) is 5.02 Å². The maximum atomic E-state index is 6.05. The van der Waals surface area contributed by atoms with Crippen molar-refractivity contribution in [3.8, 4) is 0 Å². The van der Waals surface area contributed by atoms with Gasteiger partial charge in [0.1, 0.15) is 0 Å². The second kappa shape index (κ2) is 5.32. The number of aryl methyl sites for hydroxylation is 2. The van der Waals surface area contributed by atoms with Crippen LogP contribution in [0.15, 0.2) is 36.5 Å². The van der Waals surface area contributed by atoms with Gasteiger partial charge in [0.15, 0.2) is 0 Å². The number of pyridine rings is 1. The average molecular weight is 273 g/mol. The van der Waals surface area contributed by atoms with Gasteiger partial charge in [-0.15, -0.1) is 0 Å². The lowest BCUT2D eigenvalue weighted by Gasteiger charge is -2.23. The molecule has 0 spiro atoms. The molecule has 1 aliphatic carbocycles. The van der Waals surface area contributed by atoms with Gasteiger partial charge in [0.2, 0.25) is 0 Å². The fourth-order valence-corrected chi connectivity index (χ4v) is 3.07. The minimum Gasteiger partial charge on any atom is -0.330 e. The molecule has 2 aromatic rings. The Morgan fingerprint density at radius 3 is 2.84 bits per heavy atom. The van der Waals surface area contributed by atoms with E-state index in [4.69, 9.17) is 17.3 Å². The van der Waals surface area contributed by atoms with Crippen molar-refractivity contribution in [2.24, 2.45) is 5.73 Å². The number of rotatable bonds is 1. The number of nitrogens with two attached hydrogens (primary N) is 1. The van der Waals surface area contributed by atoms with Crippen LogP contribution in [0.5, 0.6) is 0 Å². The van der Waals surface area contributed by atoms with Crippen LogP contribution in [0.1, 0.15) is 28.3 Å². The van der Waals surface area contributed by atoms with E-state index in [1.807, 2.05) is 6.07 Å². The molecule has 2 N–H and O–H groups in total. The highest BCUT2D eigenvalue weighted by Gasteiger charge is 2.20. The van der Waals surface area contributed by atoms with Crippen molar-refractivity contribution in [2.45, 2.75) is 25.2 Å². The third kappa shape index (κ3) is 2.51. The molecule has 0 radical (unpaired) electrons. The summed E-state index contributed by atoms with van der Waals surface area (Å²) in [5, 5.41) is 0.719. The predicted molar refractivity (Wildman–Crippen MR) is 78.6 cm³/mol. The summed E-state index contributed by atoms with van der Waals surface area (Å²) in [5.74, 6) is 0.351. The summed E-state index contributed by atoms with van der Waals surface area (Å²) in [6, 6.07) is 10.7. The Morgan fingerprint density at radius 1 is 1.21 bits per heavy atom. The number of fused-ring (bicyclic) bond motifs is 2. The van der Waals surface area contributed by atoms with Crippen molar-refractivity contribution in [3.63, 3.8) is 0 Å². The van der Waals surface area contributed by atoms with E-state index in [1.165, 1.54) is 16.7 Å². The lowest BCUT2D eigenvalue weighted by Crippen LogP contribution is -2.20. The fourth-order valence-electron chi connectivity index (χ4n) is 2.89. The zero-order valence-electron chi connectivity index (χ0n) is 10.8. The van der Waals surface area contributed by atoms with Crippen LogP contribution in [0.2, 0.25) is 5.02 Å². The molecule has 0 saturated heterocycles.